The first-order valence-corrected chi connectivity index (χ1v) is 28.8. The minimum Gasteiger partial charge on any atom is -0.744 e. The van der Waals surface area contributed by atoms with E-state index in [1.807, 2.05) is 48.5 Å². The predicted molar refractivity (Wildman–Crippen MR) is 271 cm³/mol. The second-order valence-electron chi connectivity index (χ2n) is 18.5. The van der Waals surface area contributed by atoms with Gasteiger partial charge in [-0.25, -0.2) is 16.8 Å². The van der Waals surface area contributed by atoms with Crippen molar-refractivity contribution in [2.45, 2.75) is 243 Å². The van der Waals surface area contributed by atoms with Gasteiger partial charge in [-0.05, 0) is 95.2 Å². The van der Waals surface area contributed by atoms with Crippen LogP contribution in [0.5, 0.6) is 0 Å². The summed E-state index contributed by atoms with van der Waals surface area (Å²) in [4.78, 5) is 0.0322. The summed E-state index contributed by atoms with van der Waals surface area (Å²) in [6.45, 7) is 8.89. The molecule has 0 spiro atoms. The van der Waals surface area contributed by atoms with Crippen molar-refractivity contribution < 1.29 is 45.4 Å². The van der Waals surface area contributed by atoms with Crippen molar-refractivity contribution in [2.24, 2.45) is 0 Å². The van der Waals surface area contributed by atoms with E-state index >= 15 is 0 Å². The van der Waals surface area contributed by atoms with Crippen molar-refractivity contribution in [2.75, 3.05) is 0 Å². The van der Waals surface area contributed by atoms with Crippen molar-refractivity contribution >= 4 is 41.8 Å². The second-order valence-corrected chi connectivity index (χ2v) is 21.2. The van der Waals surface area contributed by atoms with Crippen LogP contribution in [0.3, 0.4) is 0 Å². The molecule has 0 aromatic heterocycles. The summed E-state index contributed by atoms with van der Waals surface area (Å²) in [5.41, 5.74) is 3.69. The summed E-state index contributed by atoms with van der Waals surface area (Å²) < 4.78 is 73.3. The molecule has 0 bridgehead atoms. The molecule has 0 aliphatic rings. The zero-order valence-electron chi connectivity index (χ0n) is 41.4. The average molecular weight is 985 g/mol. The molecule has 0 unspecified atom stereocenters. The molecule has 0 heterocycles. The monoisotopic (exact) mass is 983 g/mol. The van der Waals surface area contributed by atoms with Gasteiger partial charge in [-0.3, -0.25) is 0 Å². The SMILES string of the molecule is CCCCCCCCCc1ccc2c(CCCCCCCCC)cccc2c1S(=O)(=O)[O-].CCCCCCCCCc1ccc2c(CCCCCCCCC)cccc2c1S(=O)(=O)[O-].[Zn+2]. The number of rotatable bonds is 34. The van der Waals surface area contributed by atoms with Crippen molar-refractivity contribution in [1.29, 1.82) is 0 Å². The molecule has 4 aromatic rings. The maximum absolute atomic E-state index is 12.2. The number of aryl methyl sites for hydroxylation is 4. The summed E-state index contributed by atoms with van der Waals surface area (Å²) in [7, 11) is -9.04. The predicted octanol–water partition coefficient (Wildman–Crippen LogP) is 16.7. The molecule has 0 amide bonds. The van der Waals surface area contributed by atoms with Gasteiger partial charge in [-0.1, -0.05) is 242 Å². The Hall–Kier alpha value is -2.16. The van der Waals surface area contributed by atoms with Gasteiger partial charge in [0.15, 0.2) is 0 Å². The molecule has 4 aromatic carbocycles. The number of fused-ring (bicyclic) bond motifs is 2. The molecule has 9 heteroatoms. The summed E-state index contributed by atoms with van der Waals surface area (Å²) in [5, 5.41) is 3.08. The van der Waals surface area contributed by atoms with E-state index in [4.69, 9.17) is 0 Å². The van der Waals surface area contributed by atoms with Crippen LogP contribution in [0.4, 0.5) is 0 Å². The Morgan fingerprint density at radius 2 is 0.554 bits per heavy atom. The maximum atomic E-state index is 12.2. The van der Waals surface area contributed by atoms with Gasteiger partial charge in [0.05, 0.1) is 9.79 Å². The molecule has 65 heavy (non-hydrogen) atoms. The molecule has 0 aliphatic carbocycles. The van der Waals surface area contributed by atoms with Crippen LogP contribution in [0.2, 0.25) is 0 Å². The van der Waals surface area contributed by atoms with E-state index in [-0.39, 0.29) is 29.3 Å². The first kappa shape index (κ1) is 59.0. The van der Waals surface area contributed by atoms with Gasteiger partial charge in [0.2, 0.25) is 0 Å². The molecule has 4 rings (SSSR count). The Kier molecular flexibility index (Phi) is 31.0. The van der Waals surface area contributed by atoms with E-state index in [1.54, 1.807) is 0 Å². The smallest absolute Gasteiger partial charge is 0.744 e. The van der Waals surface area contributed by atoms with Gasteiger partial charge in [0.1, 0.15) is 20.2 Å². The van der Waals surface area contributed by atoms with Gasteiger partial charge in [0, 0.05) is 0 Å². The van der Waals surface area contributed by atoms with Crippen LogP contribution in [0.25, 0.3) is 21.5 Å². The van der Waals surface area contributed by atoms with Gasteiger partial charge in [-0.2, -0.15) is 0 Å². The van der Waals surface area contributed by atoms with Crippen molar-refractivity contribution in [3.8, 4) is 0 Å². The molecule has 0 atom stereocenters. The fraction of sp³-hybridized carbons (Fsp3) is 0.643. The van der Waals surface area contributed by atoms with E-state index in [2.05, 4.69) is 39.8 Å². The van der Waals surface area contributed by atoms with Crippen LogP contribution >= 0.6 is 0 Å². The topological polar surface area (TPSA) is 114 Å². The maximum Gasteiger partial charge on any atom is 2.00 e. The van der Waals surface area contributed by atoms with Crippen molar-refractivity contribution in [3.63, 3.8) is 0 Å². The van der Waals surface area contributed by atoms with Gasteiger partial charge >= 0.3 is 19.5 Å². The third-order valence-corrected chi connectivity index (χ3v) is 15.0. The standard InChI is InChI=1S/2C28H44O3S.Zn/c2*1-3-5-7-9-11-13-15-18-24-20-17-21-27-26(24)23-22-25(28(27)32(29,30)31)19-16-14-12-10-8-6-4-2;/h2*17,20-23H,3-16,18-19H2,1-2H3,(H,29,30,31);/q;;+2/p-2. The van der Waals surface area contributed by atoms with E-state index in [0.29, 0.717) is 34.7 Å². The molecule has 360 valence electrons. The normalized spacial score (nSPS) is 11.8. The average Bonchev–Trinajstić information content (AvgIpc) is 3.27. The summed E-state index contributed by atoms with van der Waals surface area (Å²) in [5.74, 6) is 0. The third-order valence-electron chi connectivity index (χ3n) is 13.1. The fourth-order valence-corrected chi connectivity index (χ4v) is 11.3. The molecule has 0 radical (unpaired) electrons. The molecular weight excluding hydrogens is 898 g/mol. The van der Waals surface area contributed by atoms with E-state index in [1.165, 1.54) is 141 Å². The minimum absolute atomic E-state index is 0. The number of hydrogen-bond donors (Lipinski definition) is 0. The first-order chi connectivity index (χ1) is 31.0. The van der Waals surface area contributed by atoms with Crippen LogP contribution in [-0.4, -0.2) is 25.9 Å². The molecule has 0 saturated carbocycles. The van der Waals surface area contributed by atoms with Crippen LogP contribution in [0.1, 0.15) is 230 Å². The summed E-state index contributed by atoms with van der Waals surface area (Å²) >= 11 is 0. The molecule has 6 nitrogen and oxygen atoms in total. The molecule has 0 saturated heterocycles. The molecule has 0 fully saturated rings. The number of hydrogen-bond acceptors (Lipinski definition) is 6. The summed E-state index contributed by atoms with van der Waals surface area (Å²) in [6, 6.07) is 19.4. The van der Waals surface area contributed by atoms with E-state index in [9.17, 15) is 25.9 Å². The molecule has 0 N–H and O–H groups in total. The Balaban J connectivity index is 0.000000440. The molecule has 0 aliphatic heterocycles. The fourth-order valence-electron chi connectivity index (χ4n) is 9.39. The zero-order valence-corrected chi connectivity index (χ0v) is 46.0. The summed E-state index contributed by atoms with van der Waals surface area (Å²) in [6.07, 6.45) is 37.1. The van der Waals surface area contributed by atoms with Gasteiger partial charge in [0.25, 0.3) is 0 Å². The first-order valence-electron chi connectivity index (χ1n) is 26.0. The minimum atomic E-state index is -4.52. The third kappa shape index (κ3) is 22.2. The molecular formula is C56H86O6S2Zn. The van der Waals surface area contributed by atoms with E-state index in [0.717, 1.165) is 73.3 Å². The van der Waals surface area contributed by atoms with Crippen LogP contribution in [0.15, 0.2) is 70.5 Å². The van der Waals surface area contributed by atoms with Crippen LogP contribution in [-0.2, 0) is 65.4 Å². The van der Waals surface area contributed by atoms with Gasteiger partial charge in [-0.15, -0.1) is 0 Å². The zero-order chi connectivity index (χ0) is 46.5. The largest absolute Gasteiger partial charge is 2.00 e. The van der Waals surface area contributed by atoms with Crippen molar-refractivity contribution in [3.05, 3.63) is 82.9 Å². The van der Waals surface area contributed by atoms with Crippen LogP contribution in [0, 0.1) is 0 Å². The van der Waals surface area contributed by atoms with E-state index < -0.39 is 20.2 Å². The number of benzene rings is 4. The Morgan fingerprint density at radius 1 is 0.308 bits per heavy atom. The van der Waals surface area contributed by atoms with Crippen LogP contribution < -0.4 is 0 Å². The second kappa shape index (κ2) is 34.2. The quantitative estimate of drug-likeness (QED) is 0.0262. The Labute approximate surface area is 410 Å². The Bertz CT molecular complexity index is 1960. The Morgan fingerprint density at radius 3 is 0.815 bits per heavy atom. The number of unbranched alkanes of at least 4 members (excludes halogenated alkanes) is 24. The van der Waals surface area contributed by atoms with Gasteiger partial charge < -0.3 is 9.11 Å². The van der Waals surface area contributed by atoms with Crippen molar-refractivity contribution in [1.82, 2.24) is 0 Å².